The Hall–Kier alpha value is -2.27. The number of carbonyl (C=O) groups excluding carboxylic acids is 1. The molecular weight excluding hydrogens is 472 g/mol. The average molecular weight is 505 g/mol. The van der Waals surface area contributed by atoms with Gasteiger partial charge >= 0.3 is 0 Å². The first-order chi connectivity index (χ1) is 15.9. The summed E-state index contributed by atoms with van der Waals surface area (Å²) < 4.78 is 7.88. The third kappa shape index (κ3) is 4.64. The van der Waals surface area contributed by atoms with Crippen LogP contribution in [0.15, 0.2) is 29.5 Å². The van der Waals surface area contributed by atoms with Crippen molar-refractivity contribution in [3.8, 4) is 0 Å². The number of aromatic nitrogens is 3. The van der Waals surface area contributed by atoms with Crippen LogP contribution < -0.4 is 16.2 Å². The predicted molar refractivity (Wildman–Crippen MR) is 135 cm³/mol. The minimum absolute atomic E-state index is 0.175. The topological polar surface area (TPSA) is 101 Å². The summed E-state index contributed by atoms with van der Waals surface area (Å²) in [5.74, 6) is 0.164. The van der Waals surface area contributed by atoms with Gasteiger partial charge in [0.05, 0.1) is 5.02 Å². The molecule has 2 N–H and O–H groups in total. The van der Waals surface area contributed by atoms with Gasteiger partial charge in [0, 0.05) is 45.3 Å². The van der Waals surface area contributed by atoms with Gasteiger partial charge in [-0.3, -0.25) is 14.2 Å². The van der Waals surface area contributed by atoms with Crippen molar-refractivity contribution in [1.29, 1.82) is 0 Å². The Morgan fingerprint density at radius 1 is 1.26 bits per heavy atom. The van der Waals surface area contributed by atoms with Crippen LogP contribution in [0.4, 0.5) is 11.5 Å². The molecule has 0 saturated carbocycles. The number of hydrogen-bond acceptors (Lipinski definition) is 7. The summed E-state index contributed by atoms with van der Waals surface area (Å²) in [5.41, 5.74) is -0.595. The normalized spacial score (nSPS) is 18.1. The summed E-state index contributed by atoms with van der Waals surface area (Å²) >= 11 is 6.47. The molecule has 9 nitrogen and oxygen atoms in total. The van der Waals surface area contributed by atoms with Gasteiger partial charge in [0.15, 0.2) is 8.32 Å². The molecule has 2 aromatic rings. The number of hydrogen-bond donors (Lipinski definition) is 2. The molecule has 2 aromatic heterocycles. The number of anilines is 2. The zero-order valence-corrected chi connectivity index (χ0v) is 22.2. The second-order valence-corrected chi connectivity index (χ2v) is 15.8. The lowest BCUT2D eigenvalue weighted by molar-refractivity contribution is 0.0698. The molecule has 11 heteroatoms. The number of carbonyl (C=O) groups is 1. The summed E-state index contributed by atoms with van der Waals surface area (Å²) in [7, 11) is -1.79. The van der Waals surface area contributed by atoms with Crippen LogP contribution in [0.1, 0.15) is 44.1 Å². The van der Waals surface area contributed by atoms with E-state index in [1.807, 2.05) is 0 Å². The first kappa shape index (κ1) is 24.8. The summed E-state index contributed by atoms with van der Waals surface area (Å²) in [5, 5.41) is 6.48. The molecule has 2 aliphatic heterocycles. The molecule has 1 amide bonds. The zero-order chi connectivity index (χ0) is 24.7. The summed E-state index contributed by atoms with van der Waals surface area (Å²) in [6, 6.07) is 3.15. The van der Waals surface area contributed by atoms with E-state index in [-0.39, 0.29) is 32.9 Å². The maximum atomic E-state index is 13.5. The van der Waals surface area contributed by atoms with E-state index in [2.05, 4.69) is 59.4 Å². The van der Waals surface area contributed by atoms with Crippen molar-refractivity contribution < 1.29 is 9.22 Å². The standard InChI is InChI=1S/C23H33ClN6O3Si/c1-22(2,3)34(4,5)33-13-12-29-10-7-23(8-11-29)28-20(31)19-16(24)14-17(21(32)30(19)23)27-18-6-9-25-15-26-18/h6,9,14-15H,7-8,10-13H2,1-5H3,(H,28,31)(H,25,26,27). The van der Waals surface area contributed by atoms with Gasteiger partial charge < -0.3 is 20.0 Å². The van der Waals surface area contributed by atoms with E-state index in [1.165, 1.54) is 12.4 Å². The molecule has 0 atom stereocenters. The second kappa shape index (κ2) is 9.07. The number of halogens is 1. The highest BCUT2D eigenvalue weighted by atomic mass is 35.5. The molecule has 0 radical (unpaired) electrons. The van der Waals surface area contributed by atoms with Crippen LogP contribution >= 0.6 is 11.6 Å². The molecule has 1 saturated heterocycles. The van der Waals surface area contributed by atoms with Crippen LogP contribution in [-0.4, -0.2) is 59.9 Å². The van der Waals surface area contributed by atoms with E-state index in [0.717, 1.165) is 19.6 Å². The SMILES string of the molecule is CC(C)(C)[Si](C)(C)OCCN1CCC2(CC1)NC(=O)c1c(Cl)cc(Nc3ccncn3)c(=O)n12. The van der Waals surface area contributed by atoms with Gasteiger partial charge in [-0.15, -0.1) is 0 Å². The largest absolute Gasteiger partial charge is 0.416 e. The summed E-state index contributed by atoms with van der Waals surface area (Å²) in [6.07, 6.45) is 4.20. The summed E-state index contributed by atoms with van der Waals surface area (Å²) in [6.45, 7) is 14.2. The lowest BCUT2D eigenvalue weighted by Gasteiger charge is -2.41. The molecule has 1 fully saturated rings. The van der Waals surface area contributed by atoms with E-state index in [9.17, 15) is 9.59 Å². The second-order valence-electron chi connectivity index (χ2n) is 10.6. The first-order valence-corrected chi connectivity index (χ1v) is 14.9. The minimum atomic E-state index is -1.79. The molecule has 4 heterocycles. The fourth-order valence-electron chi connectivity index (χ4n) is 4.26. The molecule has 4 rings (SSSR count). The number of rotatable bonds is 6. The van der Waals surface area contributed by atoms with Crippen LogP contribution in [0.2, 0.25) is 23.2 Å². The van der Waals surface area contributed by atoms with Crippen molar-refractivity contribution in [3.05, 3.63) is 45.7 Å². The van der Waals surface area contributed by atoms with Crippen LogP contribution in [-0.2, 0) is 10.1 Å². The Balaban J connectivity index is 1.50. The van der Waals surface area contributed by atoms with Gasteiger partial charge in [-0.1, -0.05) is 32.4 Å². The zero-order valence-electron chi connectivity index (χ0n) is 20.4. The molecular formula is C23H33ClN6O3Si. The van der Waals surface area contributed by atoms with E-state index >= 15 is 0 Å². The van der Waals surface area contributed by atoms with E-state index in [4.69, 9.17) is 16.0 Å². The highest BCUT2D eigenvalue weighted by molar-refractivity contribution is 6.74. The summed E-state index contributed by atoms with van der Waals surface area (Å²) in [4.78, 5) is 36.6. The number of likely N-dealkylation sites (tertiary alicyclic amines) is 1. The van der Waals surface area contributed by atoms with Crippen molar-refractivity contribution in [2.75, 3.05) is 31.6 Å². The molecule has 0 bridgehead atoms. The number of nitrogens with one attached hydrogen (secondary N) is 2. The third-order valence-corrected chi connectivity index (χ3v) is 12.2. The Kier molecular flexibility index (Phi) is 6.62. The number of nitrogens with zero attached hydrogens (tertiary/aromatic N) is 4. The highest BCUT2D eigenvalue weighted by Gasteiger charge is 2.47. The van der Waals surface area contributed by atoms with Crippen molar-refractivity contribution >= 4 is 37.3 Å². The Bertz CT molecular complexity index is 1120. The van der Waals surface area contributed by atoms with Crippen molar-refractivity contribution in [3.63, 3.8) is 0 Å². The van der Waals surface area contributed by atoms with Gasteiger partial charge in [-0.2, -0.15) is 0 Å². The van der Waals surface area contributed by atoms with Gasteiger partial charge in [0.25, 0.3) is 11.5 Å². The molecule has 34 heavy (non-hydrogen) atoms. The quantitative estimate of drug-likeness (QED) is 0.580. The highest BCUT2D eigenvalue weighted by Crippen LogP contribution is 2.37. The molecule has 0 unspecified atom stereocenters. The lowest BCUT2D eigenvalue weighted by Crippen LogP contribution is -2.55. The van der Waals surface area contributed by atoms with E-state index in [1.54, 1.807) is 16.8 Å². The molecule has 184 valence electrons. The monoisotopic (exact) mass is 504 g/mol. The Morgan fingerprint density at radius 2 is 1.97 bits per heavy atom. The van der Waals surface area contributed by atoms with Crippen LogP contribution in [0.3, 0.4) is 0 Å². The predicted octanol–water partition coefficient (Wildman–Crippen LogP) is 3.55. The Morgan fingerprint density at radius 3 is 2.59 bits per heavy atom. The molecule has 0 aliphatic carbocycles. The van der Waals surface area contributed by atoms with E-state index in [0.29, 0.717) is 25.3 Å². The maximum Gasteiger partial charge on any atom is 0.276 e. The number of pyridine rings is 1. The lowest BCUT2D eigenvalue weighted by atomic mass is 9.97. The number of fused-ring (bicyclic) bond motifs is 2. The minimum Gasteiger partial charge on any atom is -0.416 e. The van der Waals surface area contributed by atoms with Gasteiger partial charge in [-0.25, -0.2) is 9.97 Å². The number of amides is 1. The van der Waals surface area contributed by atoms with Gasteiger partial charge in [0.1, 0.15) is 29.2 Å². The van der Waals surface area contributed by atoms with Crippen LogP contribution in [0.25, 0.3) is 0 Å². The van der Waals surface area contributed by atoms with Crippen molar-refractivity contribution in [1.82, 2.24) is 24.8 Å². The van der Waals surface area contributed by atoms with Crippen LogP contribution in [0, 0.1) is 0 Å². The van der Waals surface area contributed by atoms with Gasteiger partial charge in [-0.05, 0) is 30.3 Å². The Labute approximate surface area is 206 Å². The van der Waals surface area contributed by atoms with Gasteiger partial charge in [0.2, 0.25) is 0 Å². The van der Waals surface area contributed by atoms with Crippen LogP contribution in [0.5, 0.6) is 0 Å². The van der Waals surface area contributed by atoms with Crippen molar-refractivity contribution in [2.45, 2.75) is 57.4 Å². The van der Waals surface area contributed by atoms with Crippen molar-refractivity contribution in [2.24, 2.45) is 0 Å². The fraction of sp³-hybridized carbons (Fsp3) is 0.565. The fourth-order valence-corrected chi connectivity index (χ4v) is 5.58. The maximum absolute atomic E-state index is 13.5. The first-order valence-electron chi connectivity index (χ1n) is 11.6. The third-order valence-electron chi connectivity index (χ3n) is 7.35. The molecule has 2 aliphatic rings. The average Bonchev–Trinajstić information content (AvgIpc) is 3.05. The van der Waals surface area contributed by atoms with E-state index < -0.39 is 14.0 Å². The molecule has 1 spiro atoms. The smallest absolute Gasteiger partial charge is 0.276 e. The number of piperidine rings is 1. The molecule has 0 aromatic carbocycles.